The zero-order chi connectivity index (χ0) is 13.0. The molecule has 2 rings (SSSR count). The van der Waals surface area contributed by atoms with Crippen molar-refractivity contribution in [2.24, 2.45) is 0 Å². The number of carbonyl (C=O) groups is 1. The maximum absolute atomic E-state index is 10.9. The van der Waals surface area contributed by atoms with Gasteiger partial charge in [0.15, 0.2) is 6.29 Å². The topological polar surface area (TPSA) is 61.3 Å². The molecule has 0 spiro atoms. The SMILES string of the molecule is COc1ncc(-c2cccc(C=O)c2OC)cn1. The molecule has 18 heavy (non-hydrogen) atoms. The Balaban J connectivity index is 2.52. The first-order valence-corrected chi connectivity index (χ1v) is 5.28. The highest BCUT2D eigenvalue weighted by molar-refractivity contribution is 5.85. The summed E-state index contributed by atoms with van der Waals surface area (Å²) in [5, 5.41) is 0. The lowest BCUT2D eigenvalue weighted by atomic mass is 10.0. The Labute approximate surface area is 104 Å². The van der Waals surface area contributed by atoms with Gasteiger partial charge >= 0.3 is 6.01 Å². The number of ether oxygens (including phenoxy) is 2. The van der Waals surface area contributed by atoms with Crippen LogP contribution in [0, 0.1) is 0 Å². The van der Waals surface area contributed by atoms with Crippen LogP contribution in [0.4, 0.5) is 0 Å². The van der Waals surface area contributed by atoms with Crippen LogP contribution in [-0.2, 0) is 0 Å². The molecule has 0 saturated heterocycles. The first kappa shape index (κ1) is 12.0. The predicted molar refractivity (Wildman–Crippen MR) is 66.0 cm³/mol. The summed E-state index contributed by atoms with van der Waals surface area (Å²) < 4.78 is 10.2. The molecule has 5 nitrogen and oxygen atoms in total. The molecule has 0 radical (unpaired) electrons. The fraction of sp³-hybridized carbons (Fsp3) is 0.154. The zero-order valence-electron chi connectivity index (χ0n) is 10.1. The normalized spacial score (nSPS) is 9.89. The summed E-state index contributed by atoms with van der Waals surface area (Å²) in [4.78, 5) is 19.0. The summed E-state index contributed by atoms with van der Waals surface area (Å²) in [6, 6.07) is 5.62. The quantitative estimate of drug-likeness (QED) is 0.769. The van der Waals surface area contributed by atoms with Crippen molar-refractivity contribution in [2.45, 2.75) is 0 Å². The minimum Gasteiger partial charge on any atom is -0.495 e. The van der Waals surface area contributed by atoms with E-state index in [1.54, 1.807) is 24.5 Å². The molecule has 0 aliphatic rings. The third-order valence-corrected chi connectivity index (χ3v) is 2.50. The molecule has 1 aromatic carbocycles. The van der Waals surface area contributed by atoms with Gasteiger partial charge in [-0.1, -0.05) is 12.1 Å². The fourth-order valence-electron chi connectivity index (χ4n) is 1.66. The molecule has 0 aliphatic carbocycles. The smallest absolute Gasteiger partial charge is 0.316 e. The fourth-order valence-corrected chi connectivity index (χ4v) is 1.66. The number of hydrogen-bond donors (Lipinski definition) is 0. The van der Waals surface area contributed by atoms with Crippen LogP contribution < -0.4 is 9.47 Å². The Morgan fingerprint density at radius 2 is 1.83 bits per heavy atom. The summed E-state index contributed by atoms with van der Waals surface area (Å²) in [5.74, 6) is 0.515. The Morgan fingerprint density at radius 3 is 2.39 bits per heavy atom. The van der Waals surface area contributed by atoms with Crippen molar-refractivity contribution in [3.05, 3.63) is 36.2 Å². The van der Waals surface area contributed by atoms with Gasteiger partial charge in [0.05, 0.1) is 19.8 Å². The van der Waals surface area contributed by atoms with Gasteiger partial charge < -0.3 is 9.47 Å². The number of aldehydes is 1. The average molecular weight is 244 g/mol. The highest BCUT2D eigenvalue weighted by atomic mass is 16.5. The number of para-hydroxylation sites is 1. The number of hydrogen-bond acceptors (Lipinski definition) is 5. The molecule has 0 unspecified atom stereocenters. The van der Waals surface area contributed by atoms with E-state index >= 15 is 0 Å². The van der Waals surface area contributed by atoms with Crippen LogP contribution in [0.2, 0.25) is 0 Å². The lowest BCUT2D eigenvalue weighted by Gasteiger charge is -2.10. The highest BCUT2D eigenvalue weighted by Crippen LogP contribution is 2.31. The minimum atomic E-state index is 0.296. The van der Waals surface area contributed by atoms with Crippen molar-refractivity contribution < 1.29 is 14.3 Å². The summed E-state index contributed by atoms with van der Waals surface area (Å²) in [6.07, 6.45) is 4.00. The molecule has 92 valence electrons. The van der Waals surface area contributed by atoms with Crippen molar-refractivity contribution >= 4 is 6.29 Å². The first-order chi connectivity index (χ1) is 8.80. The van der Waals surface area contributed by atoms with E-state index in [9.17, 15) is 4.79 Å². The van der Waals surface area contributed by atoms with Gasteiger partial charge in [-0.05, 0) is 6.07 Å². The standard InChI is InChI=1S/C13H12N2O3/c1-17-12-9(8-16)4-3-5-11(12)10-6-14-13(18-2)15-7-10/h3-8H,1-2H3. The van der Waals surface area contributed by atoms with Crippen LogP contribution >= 0.6 is 0 Å². The molecule has 0 saturated carbocycles. The van der Waals surface area contributed by atoms with Crippen LogP contribution in [0.15, 0.2) is 30.6 Å². The van der Waals surface area contributed by atoms with Gasteiger partial charge in [-0.3, -0.25) is 4.79 Å². The van der Waals surface area contributed by atoms with E-state index in [2.05, 4.69) is 9.97 Å². The van der Waals surface area contributed by atoms with Gasteiger partial charge in [0, 0.05) is 23.5 Å². The second-order valence-corrected chi connectivity index (χ2v) is 3.50. The van der Waals surface area contributed by atoms with Gasteiger partial charge in [0.2, 0.25) is 0 Å². The van der Waals surface area contributed by atoms with Gasteiger partial charge in [-0.25, -0.2) is 9.97 Å². The summed E-state index contributed by atoms with van der Waals surface area (Å²) in [5.41, 5.74) is 2.02. The third-order valence-electron chi connectivity index (χ3n) is 2.50. The third kappa shape index (κ3) is 2.15. The van der Waals surface area contributed by atoms with Gasteiger partial charge in [0.25, 0.3) is 0 Å². The molecule has 0 amide bonds. The highest BCUT2D eigenvalue weighted by Gasteiger charge is 2.11. The molecule has 5 heteroatoms. The molecule has 1 heterocycles. The van der Waals surface area contributed by atoms with Crippen molar-refractivity contribution in [3.63, 3.8) is 0 Å². The van der Waals surface area contributed by atoms with E-state index in [0.29, 0.717) is 17.3 Å². The van der Waals surface area contributed by atoms with E-state index in [0.717, 1.165) is 17.4 Å². The lowest BCUT2D eigenvalue weighted by Crippen LogP contribution is -1.95. The Bertz CT molecular complexity index is 553. The monoisotopic (exact) mass is 244 g/mol. The van der Waals surface area contributed by atoms with Crippen molar-refractivity contribution in [1.29, 1.82) is 0 Å². The lowest BCUT2D eigenvalue weighted by molar-refractivity contribution is 0.112. The Kier molecular flexibility index (Phi) is 3.52. The van der Waals surface area contributed by atoms with Crippen LogP contribution in [-0.4, -0.2) is 30.5 Å². The number of methoxy groups -OCH3 is 2. The van der Waals surface area contributed by atoms with Crippen molar-refractivity contribution in [1.82, 2.24) is 9.97 Å². The molecular formula is C13H12N2O3. The van der Waals surface area contributed by atoms with E-state index in [1.165, 1.54) is 14.2 Å². The Hall–Kier alpha value is -2.43. The number of carbonyl (C=O) groups excluding carboxylic acids is 1. The number of aromatic nitrogens is 2. The summed E-state index contributed by atoms with van der Waals surface area (Å²) in [6.45, 7) is 0. The molecule has 0 bridgehead atoms. The maximum Gasteiger partial charge on any atom is 0.316 e. The molecule has 0 fully saturated rings. The van der Waals surface area contributed by atoms with E-state index < -0.39 is 0 Å². The molecule has 0 atom stereocenters. The number of rotatable bonds is 4. The molecule has 0 N–H and O–H groups in total. The number of benzene rings is 1. The van der Waals surface area contributed by atoms with Crippen molar-refractivity contribution in [2.75, 3.05) is 14.2 Å². The van der Waals surface area contributed by atoms with Gasteiger partial charge in [-0.2, -0.15) is 0 Å². The second kappa shape index (κ2) is 5.27. The molecule has 1 aromatic heterocycles. The largest absolute Gasteiger partial charge is 0.495 e. The van der Waals surface area contributed by atoms with Crippen LogP contribution in [0.25, 0.3) is 11.1 Å². The maximum atomic E-state index is 10.9. The molecule has 2 aromatic rings. The van der Waals surface area contributed by atoms with Crippen molar-refractivity contribution in [3.8, 4) is 22.9 Å². The zero-order valence-corrected chi connectivity index (χ0v) is 10.1. The average Bonchev–Trinajstić information content (AvgIpc) is 2.46. The van der Waals surface area contributed by atoms with E-state index in [-0.39, 0.29) is 0 Å². The predicted octanol–water partition coefficient (Wildman–Crippen LogP) is 1.97. The van der Waals surface area contributed by atoms with E-state index in [1.807, 2.05) is 6.07 Å². The second-order valence-electron chi connectivity index (χ2n) is 3.50. The number of nitrogens with zero attached hydrogens (tertiary/aromatic N) is 2. The first-order valence-electron chi connectivity index (χ1n) is 5.28. The molecule has 0 aliphatic heterocycles. The minimum absolute atomic E-state index is 0.296. The summed E-state index contributed by atoms with van der Waals surface area (Å²) in [7, 11) is 3.03. The van der Waals surface area contributed by atoms with Crippen LogP contribution in [0.5, 0.6) is 11.8 Å². The summed E-state index contributed by atoms with van der Waals surface area (Å²) >= 11 is 0. The van der Waals surface area contributed by atoms with Crippen LogP contribution in [0.3, 0.4) is 0 Å². The van der Waals surface area contributed by atoms with E-state index in [4.69, 9.17) is 9.47 Å². The Morgan fingerprint density at radius 1 is 1.11 bits per heavy atom. The van der Waals surface area contributed by atoms with Gasteiger partial charge in [0.1, 0.15) is 5.75 Å². The molecular weight excluding hydrogens is 232 g/mol. The van der Waals surface area contributed by atoms with Gasteiger partial charge in [-0.15, -0.1) is 0 Å². The van der Waals surface area contributed by atoms with Crippen LogP contribution in [0.1, 0.15) is 10.4 Å².